The lowest BCUT2D eigenvalue weighted by molar-refractivity contribution is -0.121. The van der Waals surface area contributed by atoms with Gasteiger partial charge < -0.3 is 5.32 Å². The van der Waals surface area contributed by atoms with Crippen molar-refractivity contribution < 1.29 is 4.79 Å². The van der Waals surface area contributed by atoms with E-state index in [9.17, 15) is 4.79 Å². The highest BCUT2D eigenvalue weighted by Crippen LogP contribution is 2.30. The third kappa shape index (κ3) is 3.60. The fourth-order valence-electron chi connectivity index (χ4n) is 2.13. The van der Waals surface area contributed by atoms with Crippen LogP contribution in [0.1, 0.15) is 39.0 Å². The molecule has 2 atom stereocenters. The zero-order valence-electron chi connectivity index (χ0n) is 8.89. The minimum atomic E-state index is 0.184. The van der Waals surface area contributed by atoms with Crippen LogP contribution in [-0.4, -0.2) is 17.8 Å². The second kappa shape index (κ2) is 6.44. The molecule has 1 fully saturated rings. The van der Waals surface area contributed by atoms with Gasteiger partial charge in [-0.15, -0.1) is 0 Å². The molecular formula is C11H20BrNO. The summed E-state index contributed by atoms with van der Waals surface area (Å²) in [4.78, 5) is 11.1. The second-order valence-corrected chi connectivity index (χ2v) is 4.76. The average Bonchev–Trinajstić information content (AvgIpc) is 2.26. The molecule has 82 valence electrons. The SMILES string of the molecule is CCC(=O)NCC1CCCCC1CBr. The first-order chi connectivity index (χ1) is 6.77. The van der Waals surface area contributed by atoms with Gasteiger partial charge in [0.1, 0.15) is 0 Å². The van der Waals surface area contributed by atoms with Gasteiger partial charge in [-0.3, -0.25) is 4.79 Å². The molecule has 2 nitrogen and oxygen atoms in total. The van der Waals surface area contributed by atoms with E-state index < -0.39 is 0 Å². The van der Waals surface area contributed by atoms with Crippen molar-refractivity contribution >= 4 is 21.8 Å². The van der Waals surface area contributed by atoms with Crippen molar-refractivity contribution in [3.63, 3.8) is 0 Å². The van der Waals surface area contributed by atoms with Crippen molar-refractivity contribution in [1.82, 2.24) is 5.32 Å². The molecule has 0 heterocycles. The van der Waals surface area contributed by atoms with Gasteiger partial charge in [0.05, 0.1) is 0 Å². The van der Waals surface area contributed by atoms with E-state index in [1.54, 1.807) is 0 Å². The summed E-state index contributed by atoms with van der Waals surface area (Å²) in [6, 6.07) is 0. The standard InChI is InChI=1S/C11H20BrNO/c1-2-11(14)13-8-10-6-4-3-5-9(10)7-12/h9-10H,2-8H2,1H3,(H,13,14). The van der Waals surface area contributed by atoms with Crippen molar-refractivity contribution in [2.75, 3.05) is 11.9 Å². The van der Waals surface area contributed by atoms with Crippen LogP contribution in [0.4, 0.5) is 0 Å². The van der Waals surface area contributed by atoms with Crippen molar-refractivity contribution in [3.05, 3.63) is 0 Å². The molecule has 3 heteroatoms. The van der Waals surface area contributed by atoms with Crippen LogP contribution in [0.2, 0.25) is 0 Å². The van der Waals surface area contributed by atoms with Crippen LogP contribution >= 0.6 is 15.9 Å². The molecule has 0 aliphatic heterocycles. The number of nitrogens with one attached hydrogen (secondary N) is 1. The van der Waals surface area contributed by atoms with E-state index >= 15 is 0 Å². The summed E-state index contributed by atoms with van der Waals surface area (Å²) in [6.07, 6.45) is 5.88. The summed E-state index contributed by atoms with van der Waals surface area (Å²) in [5.74, 6) is 1.64. The first-order valence-corrected chi connectivity index (χ1v) is 6.72. The number of carbonyl (C=O) groups is 1. The van der Waals surface area contributed by atoms with Crippen molar-refractivity contribution in [2.45, 2.75) is 39.0 Å². The number of hydrogen-bond acceptors (Lipinski definition) is 1. The zero-order valence-corrected chi connectivity index (χ0v) is 10.5. The summed E-state index contributed by atoms with van der Waals surface area (Å²) < 4.78 is 0. The van der Waals surface area contributed by atoms with Gasteiger partial charge in [-0.25, -0.2) is 0 Å². The Morgan fingerprint density at radius 3 is 2.57 bits per heavy atom. The highest BCUT2D eigenvalue weighted by Gasteiger charge is 2.24. The summed E-state index contributed by atoms with van der Waals surface area (Å²) in [5, 5.41) is 4.09. The van der Waals surface area contributed by atoms with E-state index in [1.165, 1.54) is 25.7 Å². The molecule has 1 amide bonds. The number of rotatable bonds is 4. The quantitative estimate of drug-likeness (QED) is 0.775. The van der Waals surface area contributed by atoms with Crippen LogP contribution in [0.25, 0.3) is 0 Å². The van der Waals surface area contributed by atoms with Gasteiger partial charge in [0, 0.05) is 18.3 Å². The lowest BCUT2D eigenvalue weighted by Gasteiger charge is -2.30. The molecule has 0 aromatic rings. The average molecular weight is 262 g/mol. The fourth-order valence-corrected chi connectivity index (χ4v) is 2.98. The Kier molecular flexibility index (Phi) is 5.53. The Morgan fingerprint density at radius 1 is 1.36 bits per heavy atom. The van der Waals surface area contributed by atoms with Gasteiger partial charge >= 0.3 is 0 Å². The lowest BCUT2D eigenvalue weighted by atomic mass is 9.80. The van der Waals surface area contributed by atoms with Gasteiger partial charge in [0.25, 0.3) is 0 Å². The Hall–Kier alpha value is -0.0500. The molecule has 0 aromatic carbocycles. The molecule has 1 N–H and O–H groups in total. The smallest absolute Gasteiger partial charge is 0.219 e. The maximum Gasteiger partial charge on any atom is 0.219 e. The Labute approximate surface area is 95.0 Å². The highest BCUT2D eigenvalue weighted by atomic mass is 79.9. The molecule has 1 rings (SSSR count). The Balaban J connectivity index is 2.29. The van der Waals surface area contributed by atoms with Gasteiger partial charge in [0.2, 0.25) is 5.91 Å². The predicted octanol–water partition coefficient (Wildman–Crippen LogP) is 2.71. The van der Waals surface area contributed by atoms with Crippen LogP contribution in [0.3, 0.4) is 0 Å². The number of halogens is 1. The largest absolute Gasteiger partial charge is 0.356 e. The molecule has 1 aliphatic carbocycles. The summed E-state index contributed by atoms with van der Waals surface area (Å²) in [7, 11) is 0. The molecule has 0 bridgehead atoms. The summed E-state index contributed by atoms with van der Waals surface area (Å²) in [6.45, 7) is 2.78. The molecule has 1 saturated carbocycles. The molecule has 14 heavy (non-hydrogen) atoms. The number of hydrogen-bond donors (Lipinski definition) is 1. The number of alkyl halides is 1. The number of carbonyl (C=O) groups excluding carboxylic acids is 1. The molecular weight excluding hydrogens is 242 g/mol. The zero-order chi connectivity index (χ0) is 10.4. The molecule has 0 saturated heterocycles. The topological polar surface area (TPSA) is 29.1 Å². The normalized spacial score (nSPS) is 27.3. The van der Waals surface area contributed by atoms with Gasteiger partial charge in [-0.2, -0.15) is 0 Å². The monoisotopic (exact) mass is 261 g/mol. The van der Waals surface area contributed by atoms with E-state index in [1.807, 2.05) is 6.92 Å². The maximum atomic E-state index is 11.1. The van der Waals surface area contributed by atoms with E-state index in [0.717, 1.165) is 17.8 Å². The molecule has 2 unspecified atom stereocenters. The Bertz CT molecular complexity index is 184. The molecule has 0 spiro atoms. The minimum absolute atomic E-state index is 0.184. The first-order valence-electron chi connectivity index (χ1n) is 5.60. The summed E-state index contributed by atoms with van der Waals surface area (Å²) >= 11 is 3.56. The van der Waals surface area contributed by atoms with E-state index in [2.05, 4.69) is 21.2 Å². The fraction of sp³-hybridized carbons (Fsp3) is 0.909. The van der Waals surface area contributed by atoms with Gasteiger partial charge in [0.15, 0.2) is 0 Å². The van der Waals surface area contributed by atoms with E-state index in [-0.39, 0.29) is 5.91 Å². The third-order valence-corrected chi connectivity index (χ3v) is 3.98. The molecule has 0 radical (unpaired) electrons. The van der Waals surface area contributed by atoms with Crippen LogP contribution < -0.4 is 5.32 Å². The van der Waals surface area contributed by atoms with E-state index in [4.69, 9.17) is 0 Å². The van der Waals surface area contributed by atoms with E-state index in [0.29, 0.717) is 12.3 Å². The second-order valence-electron chi connectivity index (χ2n) is 4.12. The van der Waals surface area contributed by atoms with Crippen molar-refractivity contribution in [2.24, 2.45) is 11.8 Å². The molecule has 1 aliphatic rings. The van der Waals surface area contributed by atoms with Crippen molar-refractivity contribution in [3.8, 4) is 0 Å². The summed E-state index contributed by atoms with van der Waals surface area (Å²) in [5.41, 5.74) is 0. The van der Waals surface area contributed by atoms with Crippen LogP contribution in [-0.2, 0) is 4.79 Å². The highest BCUT2D eigenvalue weighted by molar-refractivity contribution is 9.09. The maximum absolute atomic E-state index is 11.1. The molecule has 0 aromatic heterocycles. The van der Waals surface area contributed by atoms with Gasteiger partial charge in [-0.05, 0) is 24.7 Å². The first kappa shape index (κ1) is 12.0. The minimum Gasteiger partial charge on any atom is -0.356 e. The predicted molar refractivity (Wildman–Crippen MR) is 62.5 cm³/mol. The van der Waals surface area contributed by atoms with Crippen LogP contribution in [0.5, 0.6) is 0 Å². The Morgan fingerprint density at radius 2 is 2.00 bits per heavy atom. The number of amides is 1. The van der Waals surface area contributed by atoms with Crippen molar-refractivity contribution in [1.29, 1.82) is 0 Å². The third-order valence-electron chi connectivity index (χ3n) is 3.15. The van der Waals surface area contributed by atoms with Gasteiger partial charge in [-0.1, -0.05) is 35.7 Å². The lowest BCUT2D eigenvalue weighted by Crippen LogP contribution is -2.34. The van der Waals surface area contributed by atoms with Crippen LogP contribution in [0.15, 0.2) is 0 Å². The van der Waals surface area contributed by atoms with Crippen LogP contribution in [0, 0.1) is 11.8 Å².